The standard InChI is InChI=1S/C44H28N4/c45-27-32-25-39(44(26-33(32)28-46)48-42-18-7-3-14-37(42)38-15-4-8-19-43(38)48)31-11-9-10-30(24-31)29-20-22-34(23-21-29)47-40-16-5-1-12-35(40)36-13-2-6-17-41(36)47/h1-24,26,32H,25H2. The van der Waals surface area contributed by atoms with E-state index in [4.69, 9.17) is 0 Å². The van der Waals surface area contributed by atoms with Crippen molar-refractivity contribution >= 4 is 54.9 Å². The first-order valence-electron chi connectivity index (χ1n) is 16.2. The summed E-state index contributed by atoms with van der Waals surface area (Å²) >= 11 is 0. The molecular formula is C44H28N4. The molecule has 8 aromatic rings. The van der Waals surface area contributed by atoms with Gasteiger partial charge in [-0.2, -0.15) is 10.5 Å². The summed E-state index contributed by atoms with van der Waals surface area (Å²) in [5, 5.41) is 25.0. The molecule has 0 N–H and O–H groups in total. The van der Waals surface area contributed by atoms with Crippen molar-refractivity contribution in [1.82, 2.24) is 9.13 Å². The predicted molar refractivity (Wildman–Crippen MR) is 196 cm³/mol. The Kier molecular flexibility index (Phi) is 6.35. The monoisotopic (exact) mass is 612 g/mol. The maximum Gasteiger partial charge on any atom is 0.0962 e. The highest BCUT2D eigenvalue weighted by Crippen LogP contribution is 2.42. The molecule has 0 saturated carbocycles. The van der Waals surface area contributed by atoms with Crippen LogP contribution in [0.25, 0.3) is 71.7 Å². The summed E-state index contributed by atoms with van der Waals surface area (Å²) in [5.74, 6) is -0.504. The second-order valence-corrected chi connectivity index (χ2v) is 12.3. The highest BCUT2D eigenvalue weighted by Gasteiger charge is 2.27. The van der Waals surface area contributed by atoms with E-state index in [1.165, 1.54) is 21.8 Å². The van der Waals surface area contributed by atoms with Gasteiger partial charge in [-0.25, -0.2) is 0 Å². The van der Waals surface area contributed by atoms with Gasteiger partial charge in [0.1, 0.15) is 0 Å². The van der Waals surface area contributed by atoms with Crippen molar-refractivity contribution in [2.24, 2.45) is 5.92 Å². The molecule has 6 aromatic carbocycles. The van der Waals surface area contributed by atoms with Gasteiger partial charge in [-0.15, -0.1) is 0 Å². The second kappa shape index (κ2) is 11.0. The van der Waals surface area contributed by atoms with Crippen LogP contribution in [0.2, 0.25) is 0 Å². The Morgan fingerprint density at radius 1 is 0.500 bits per heavy atom. The zero-order valence-corrected chi connectivity index (χ0v) is 26.0. The van der Waals surface area contributed by atoms with E-state index in [1.807, 2.05) is 6.08 Å². The first kappa shape index (κ1) is 27.7. The molecule has 4 heteroatoms. The molecule has 0 bridgehead atoms. The minimum atomic E-state index is -0.504. The van der Waals surface area contributed by atoms with Crippen molar-refractivity contribution in [1.29, 1.82) is 10.5 Å². The fraction of sp³-hybridized carbons (Fsp3) is 0.0455. The van der Waals surface area contributed by atoms with Gasteiger partial charge in [0.15, 0.2) is 0 Å². The van der Waals surface area contributed by atoms with E-state index in [-0.39, 0.29) is 0 Å². The van der Waals surface area contributed by atoms with E-state index in [9.17, 15) is 10.5 Å². The summed E-state index contributed by atoms with van der Waals surface area (Å²) in [7, 11) is 0. The van der Waals surface area contributed by atoms with E-state index in [0.717, 1.165) is 55.5 Å². The largest absolute Gasteiger partial charge is 0.309 e. The van der Waals surface area contributed by atoms with Crippen LogP contribution < -0.4 is 0 Å². The molecule has 0 radical (unpaired) electrons. The summed E-state index contributed by atoms with van der Waals surface area (Å²) in [6.07, 6.45) is 2.39. The van der Waals surface area contributed by atoms with Crippen LogP contribution in [0.5, 0.6) is 0 Å². The lowest BCUT2D eigenvalue weighted by molar-refractivity contribution is 0.815. The lowest BCUT2D eigenvalue weighted by Crippen LogP contribution is -2.12. The third kappa shape index (κ3) is 4.21. The molecule has 0 amide bonds. The number of nitrogens with zero attached hydrogens (tertiary/aromatic N) is 4. The highest BCUT2D eigenvalue weighted by atomic mass is 15.0. The van der Waals surface area contributed by atoms with E-state index >= 15 is 0 Å². The van der Waals surface area contributed by atoms with E-state index in [2.05, 4.69) is 167 Å². The Morgan fingerprint density at radius 3 is 1.52 bits per heavy atom. The topological polar surface area (TPSA) is 57.4 Å². The second-order valence-electron chi connectivity index (χ2n) is 12.3. The predicted octanol–water partition coefficient (Wildman–Crippen LogP) is 10.9. The van der Waals surface area contributed by atoms with Gasteiger partial charge in [0.25, 0.3) is 0 Å². The van der Waals surface area contributed by atoms with E-state index < -0.39 is 5.92 Å². The number of rotatable bonds is 4. The lowest BCUT2D eigenvalue weighted by Gasteiger charge is -2.24. The maximum atomic E-state index is 10.1. The number of fused-ring (bicyclic) bond motifs is 6. The van der Waals surface area contributed by atoms with Gasteiger partial charge >= 0.3 is 0 Å². The van der Waals surface area contributed by atoms with Gasteiger partial charge in [0.2, 0.25) is 0 Å². The average Bonchev–Trinajstić information content (AvgIpc) is 3.67. The number of benzene rings is 6. The van der Waals surface area contributed by atoms with E-state index in [1.54, 1.807) is 0 Å². The number of aromatic nitrogens is 2. The van der Waals surface area contributed by atoms with Gasteiger partial charge < -0.3 is 9.13 Å². The zero-order valence-electron chi connectivity index (χ0n) is 26.0. The maximum absolute atomic E-state index is 10.1. The van der Waals surface area contributed by atoms with Gasteiger partial charge in [-0.05, 0) is 77.2 Å². The van der Waals surface area contributed by atoms with Crippen LogP contribution in [0, 0.1) is 28.6 Å². The quantitative estimate of drug-likeness (QED) is 0.199. The normalized spacial score (nSPS) is 14.8. The zero-order chi connectivity index (χ0) is 32.2. The third-order valence-corrected chi connectivity index (χ3v) is 9.74. The van der Waals surface area contributed by atoms with Crippen molar-refractivity contribution in [2.75, 3.05) is 0 Å². The Labute approximate surface area is 277 Å². The van der Waals surface area contributed by atoms with Crippen LogP contribution in [-0.4, -0.2) is 9.13 Å². The molecule has 1 aliphatic carbocycles. The summed E-state index contributed by atoms with van der Waals surface area (Å²) < 4.78 is 4.59. The van der Waals surface area contributed by atoms with Crippen molar-refractivity contribution in [2.45, 2.75) is 6.42 Å². The number of nitriles is 2. The van der Waals surface area contributed by atoms with Crippen molar-refractivity contribution in [3.8, 4) is 29.0 Å². The molecule has 224 valence electrons. The molecule has 9 rings (SSSR count). The first-order valence-corrected chi connectivity index (χ1v) is 16.2. The molecule has 0 aliphatic heterocycles. The number of hydrogen-bond donors (Lipinski definition) is 0. The minimum absolute atomic E-state index is 0.461. The first-order chi connectivity index (χ1) is 23.7. The summed E-state index contributed by atoms with van der Waals surface area (Å²) in [6, 6.07) is 56.0. The minimum Gasteiger partial charge on any atom is -0.309 e. The van der Waals surface area contributed by atoms with Gasteiger partial charge in [0.05, 0.1) is 45.8 Å². The lowest BCUT2D eigenvalue weighted by atomic mass is 9.83. The molecular weight excluding hydrogens is 585 g/mol. The molecule has 0 fully saturated rings. The van der Waals surface area contributed by atoms with Crippen LogP contribution in [-0.2, 0) is 0 Å². The van der Waals surface area contributed by atoms with Crippen molar-refractivity contribution in [3.63, 3.8) is 0 Å². The summed E-state index contributed by atoms with van der Waals surface area (Å²) in [5.41, 5.74) is 11.4. The molecule has 48 heavy (non-hydrogen) atoms. The number of para-hydroxylation sites is 4. The average molecular weight is 613 g/mol. The molecule has 0 spiro atoms. The Morgan fingerprint density at radius 2 is 1.00 bits per heavy atom. The molecule has 0 saturated heterocycles. The van der Waals surface area contributed by atoms with Crippen LogP contribution >= 0.6 is 0 Å². The van der Waals surface area contributed by atoms with Crippen molar-refractivity contribution in [3.05, 3.63) is 163 Å². The molecule has 1 atom stereocenters. The fourth-order valence-electron chi connectivity index (χ4n) is 7.52. The number of hydrogen-bond acceptors (Lipinski definition) is 2. The van der Waals surface area contributed by atoms with Crippen molar-refractivity contribution < 1.29 is 0 Å². The fourth-order valence-corrected chi connectivity index (χ4v) is 7.52. The third-order valence-electron chi connectivity index (χ3n) is 9.74. The van der Waals surface area contributed by atoms with Crippen LogP contribution in [0.3, 0.4) is 0 Å². The summed E-state index contributed by atoms with van der Waals surface area (Å²) in [6.45, 7) is 0. The Bertz CT molecular complexity index is 2610. The smallest absolute Gasteiger partial charge is 0.0962 e. The van der Waals surface area contributed by atoms with Gasteiger partial charge in [0, 0.05) is 32.8 Å². The molecule has 1 aliphatic rings. The van der Waals surface area contributed by atoms with Crippen LogP contribution in [0.15, 0.2) is 157 Å². The Balaban J connectivity index is 1.19. The molecule has 2 heterocycles. The highest BCUT2D eigenvalue weighted by molar-refractivity contribution is 6.12. The molecule has 2 aromatic heterocycles. The number of allylic oxidation sites excluding steroid dienone is 4. The van der Waals surface area contributed by atoms with Crippen LogP contribution in [0.4, 0.5) is 0 Å². The SMILES string of the molecule is N#CC1=CC(n2c3ccccc3c3ccccc32)=C(c2cccc(-c3ccc(-n4c5ccccc5c5ccccc54)cc3)c2)CC1C#N. The van der Waals surface area contributed by atoms with E-state index in [0.29, 0.717) is 12.0 Å². The van der Waals surface area contributed by atoms with Gasteiger partial charge in [-0.1, -0.05) is 103 Å². The summed E-state index contributed by atoms with van der Waals surface area (Å²) in [4.78, 5) is 0. The molecule has 1 unspecified atom stereocenters. The van der Waals surface area contributed by atoms with Gasteiger partial charge in [-0.3, -0.25) is 0 Å². The van der Waals surface area contributed by atoms with Crippen LogP contribution in [0.1, 0.15) is 12.0 Å². The molecule has 4 nitrogen and oxygen atoms in total. The Hall–Kier alpha value is -6.62.